The van der Waals surface area contributed by atoms with Crippen LogP contribution >= 0.6 is 0 Å². The van der Waals surface area contributed by atoms with Crippen LogP contribution in [0, 0.1) is 18.7 Å². The Balaban J connectivity index is 2.49. The maximum absolute atomic E-state index is 13.2. The quantitative estimate of drug-likeness (QED) is 0.837. The Hall–Kier alpha value is -1.91. The van der Waals surface area contributed by atoms with Crippen molar-refractivity contribution in [3.05, 3.63) is 29.6 Å². The maximum Gasteiger partial charge on any atom is 0.308 e. The number of esters is 1. The molecule has 0 saturated carbocycles. The molecule has 1 rings (SSSR count). The van der Waals surface area contributed by atoms with E-state index in [0.717, 1.165) is 0 Å². The molecule has 0 aromatic heterocycles. The highest BCUT2D eigenvalue weighted by molar-refractivity contribution is 5.92. The number of aryl methyl sites for hydroxylation is 1. The van der Waals surface area contributed by atoms with Gasteiger partial charge in [0.15, 0.2) is 6.61 Å². The Labute approximate surface area is 105 Å². The fraction of sp³-hybridized carbons (Fsp3) is 0.385. The fourth-order valence-corrected chi connectivity index (χ4v) is 1.17. The van der Waals surface area contributed by atoms with Gasteiger partial charge >= 0.3 is 5.97 Å². The number of ether oxygens (including phenoxy) is 1. The second-order valence-corrected chi connectivity index (χ2v) is 4.27. The third-order valence-electron chi connectivity index (χ3n) is 2.27. The molecule has 0 aliphatic carbocycles. The molecule has 0 heterocycles. The summed E-state index contributed by atoms with van der Waals surface area (Å²) in [5.74, 6) is -1.62. The number of carbonyl (C=O) groups excluding carboxylic acids is 2. The number of amides is 1. The number of hydrogen-bond acceptors (Lipinski definition) is 3. The number of nitrogens with one attached hydrogen (secondary N) is 1. The van der Waals surface area contributed by atoms with Gasteiger partial charge < -0.3 is 10.1 Å². The van der Waals surface area contributed by atoms with Gasteiger partial charge in [0.25, 0.3) is 5.91 Å². The zero-order valence-electron chi connectivity index (χ0n) is 10.6. The smallest absolute Gasteiger partial charge is 0.308 e. The van der Waals surface area contributed by atoms with Crippen LogP contribution < -0.4 is 5.32 Å². The van der Waals surface area contributed by atoms with Crippen LogP contribution in [0.3, 0.4) is 0 Å². The minimum atomic E-state index is -0.493. The molecule has 18 heavy (non-hydrogen) atoms. The van der Waals surface area contributed by atoms with Crippen molar-refractivity contribution in [2.24, 2.45) is 5.92 Å². The lowest BCUT2D eigenvalue weighted by molar-refractivity contribution is -0.150. The van der Waals surface area contributed by atoms with Crippen molar-refractivity contribution in [3.63, 3.8) is 0 Å². The summed E-state index contributed by atoms with van der Waals surface area (Å²) in [5.41, 5.74) is 0.836. The van der Waals surface area contributed by atoms with Crippen molar-refractivity contribution in [3.8, 4) is 0 Å². The third-order valence-corrected chi connectivity index (χ3v) is 2.27. The second-order valence-electron chi connectivity index (χ2n) is 4.27. The van der Waals surface area contributed by atoms with Gasteiger partial charge in [-0.15, -0.1) is 0 Å². The van der Waals surface area contributed by atoms with Crippen LogP contribution in [-0.4, -0.2) is 18.5 Å². The summed E-state index contributed by atoms with van der Waals surface area (Å²) in [4.78, 5) is 22.6. The molecule has 0 fully saturated rings. The molecule has 1 aromatic carbocycles. The molecule has 1 amide bonds. The summed E-state index contributed by atoms with van der Waals surface area (Å²) in [6, 6.07) is 4.36. The van der Waals surface area contributed by atoms with Gasteiger partial charge in [0.1, 0.15) is 5.82 Å². The average Bonchev–Trinajstić information content (AvgIpc) is 2.30. The third kappa shape index (κ3) is 4.16. The van der Waals surface area contributed by atoms with Crippen LogP contribution in [0.2, 0.25) is 0 Å². The SMILES string of the molecule is Cc1ccc(NC(=O)COC(=O)C(C)C)cc1F. The number of halogens is 1. The molecular formula is C13H16FNO3. The van der Waals surface area contributed by atoms with Gasteiger partial charge in [-0.05, 0) is 24.6 Å². The monoisotopic (exact) mass is 253 g/mol. The van der Waals surface area contributed by atoms with Crippen LogP contribution in [0.1, 0.15) is 19.4 Å². The lowest BCUT2D eigenvalue weighted by Crippen LogP contribution is -2.22. The molecule has 4 nitrogen and oxygen atoms in total. The maximum atomic E-state index is 13.2. The molecular weight excluding hydrogens is 237 g/mol. The van der Waals surface area contributed by atoms with Gasteiger partial charge in [0.2, 0.25) is 0 Å². The van der Waals surface area contributed by atoms with Crippen molar-refractivity contribution in [2.45, 2.75) is 20.8 Å². The summed E-state index contributed by atoms with van der Waals surface area (Å²) < 4.78 is 18.0. The topological polar surface area (TPSA) is 55.4 Å². The highest BCUT2D eigenvalue weighted by atomic mass is 19.1. The Morgan fingerprint density at radius 3 is 2.61 bits per heavy atom. The molecule has 0 spiro atoms. The van der Waals surface area contributed by atoms with E-state index in [-0.39, 0.29) is 12.5 Å². The molecule has 0 atom stereocenters. The predicted molar refractivity (Wildman–Crippen MR) is 65.6 cm³/mol. The van der Waals surface area contributed by atoms with E-state index in [0.29, 0.717) is 11.3 Å². The largest absolute Gasteiger partial charge is 0.455 e. The van der Waals surface area contributed by atoms with Crippen LogP contribution in [0.25, 0.3) is 0 Å². The first-order chi connectivity index (χ1) is 8.40. The van der Waals surface area contributed by atoms with Crippen LogP contribution in [0.15, 0.2) is 18.2 Å². The van der Waals surface area contributed by atoms with E-state index in [4.69, 9.17) is 4.74 Å². The molecule has 0 aliphatic heterocycles. The van der Waals surface area contributed by atoms with E-state index < -0.39 is 17.7 Å². The minimum Gasteiger partial charge on any atom is -0.455 e. The first-order valence-electron chi connectivity index (χ1n) is 5.62. The van der Waals surface area contributed by atoms with E-state index in [2.05, 4.69) is 5.32 Å². The molecule has 0 saturated heterocycles. The second kappa shape index (κ2) is 6.14. The zero-order chi connectivity index (χ0) is 13.7. The zero-order valence-corrected chi connectivity index (χ0v) is 10.6. The standard InChI is InChI=1S/C13H16FNO3/c1-8(2)13(17)18-7-12(16)15-10-5-4-9(3)11(14)6-10/h4-6,8H,7H2,1-3H3,(H,15,16). The molecule has 0 aliphatic rings. The van der Waals surface area contributed by atoms with Gasteiger partial charge in [-0.2, -0.15) is 0 Å². The summed E-state index contributed by atoms with van der Waals surface area (Å²) in [7, 11) is 0. The van der Waals surface area contributed by atoms with Crippen molar-refractivity contribution in [1.82, 2.24) is 0 Å². The normalized spacial score (nSPS) is 10.3. The van der Waals surface area contributed by atoms with E-state index in [1.165, 1.54) is 6.07 Å². The molecule has 0 unspecified atom stereocenters. The Bertz CT molecular complexity index is 458. The number of carbonyl (C=O) groups is 2. The van der Waals surface area contributed by atoms with Gasteiger partial charge in [-0.1, -0.05) is 19.9 Å². The Kier molecular flexibility index (Phi) is 4.83. The minimum absolute atomic E-state index is 0.283. The first-order valence-corrected chi connectivity index (χ1v) is 5.62. The van der Waals surface area contributed by atoms with E-state index >= 15 is 0 Å². The molecule has 1 aromatic rings. The Morgan fingerprint density at radius 1 is 1.39 bits per heavy atom. The average molecular weight is 253 g/mol. The van der Waals surface area contributed by atoms with Gasteiger partial charge in [0.05, 0.1) is 5.92 Å². The van der Waals surface area contributed by atoms with Crippen LogP contribution in [0.4, 0.5) is 10.1 Å². The van der Waals surface area contributed by atoms with Crippen molar-refractivity contribution in [2.75, 3.05) is 11.9 Å². The fourth-order valence-electron chi connectivity index (χ4n) is 1.17. The molecule has 98 valence electrons. The molecule has 1 N–H and O–H groups in total. The lowest BCUT2D eigenvalue weighted by Gasteiger charge is -2.08. The summed E-state index contributed by atoms with van der Waals surface area (Å²) in [5, 5.41) is 2.45. The van der Waals surface area contributed by atoms with E-state index in [1.807, 2.05) is 0 Å². The van der Waals surface area contributed by atoms with Gasteiger partial charge in [-0.3, -0.25) is 9.59 Å². The Morgan fingerprint density at radius 2 is 2.06 bits per heavy atom. The van der Waals surface area contributed by atoms with Crippen molar-refractivity contribution in [1.29, 1.82) is 0 Å². The first kappa shape index (κ1) is 14.2. The summed E-state index contributed by atoms with van der Waals surface area (Å²) in [6.07, 6.45) is 0. The number of benzene rings is 1. The van der Waals surface area contributed by atoms with E-state index in [9.17, 15) is 14.0 Å². The molecule has 0 radical (unpaired) electrons. The predicted octanol–water partition coefficient (Wildman–Crippen LogP) is 2.27. The van der Waals surface area contributed by atoms with Crippen LogP contribution in [-0.2, 0) is 14.3 Å². The lowest BCUT2D eigenvalue weighted by atomic mass is 10.2. The highest BCUT2D eigenvalue weighted by Crippen LogP contribution is 2.13. The van der Waals surface area contributed by atoms with Gasteiger partial charge in [0, 0.05) is 5.69 Å². The van der Waals surface area contributed by atoms with Gasteiger partial charge in [-0.25, -0.2) is 4.39 Å². The number of hydrogen-bond donors (Lipinski definition) is 1. The highest BCUT2D eigenvalue weighted by Gasteiger charge is 2.11. The van der Waals surface area contributed by atoms with Crippen molar-refractivity contribution < 1.29 is 18.7 Å². The summed E-state index contributed by atoms with van der Waals surface area (Å²) >= 11 is 0. The van der Waals surface area contributed by atoms with E-state index in [1.54, 1.807) is 32.9 Å². The number of rotatable bonds is 4. The number of anilines is 1. The molecule has 0 bridgehead atoms. The molecule has 5 heteroatoms. The van der Waals surface area contributed by atoms with Crippen LogP contribution in [0.5, 0.6) is 0 Å². The van der Waals surface area contributed by atoms with Crippen molar-refractivity contribution >= 4 is 17.6 Å². The summed E-state index contributed by atoms with van der Waals surface area (Å²) in [6.45, 7) is 4.61.